The Bertz CT molecular complexity index is 712. The van der Waals surface area contributed by atoms with Crippen molar-refractivity contribution in [2.75, 3.05) is 12.1 Å². The van der Waals surface area contributed by atoms with Crippen molar-refractivity contribution in [3.8, 4) is 11.5 Å². The van der Waals surface area contributed by atoms with Gasteiger partial charge in [0.25, 0.3) is 0 Å². The average Bonchev–Trinajstić information content (AvgIpc) is 2.96. The number of fused-ring (bicyclic) bond motifs is 1. The van der Waals surface area contributed by atoms with Gasteiger partial charge in [-0.25, -0.2) is 4.39 Å². The number of anilines is 1. The average molecular weight is 285 g/mol. The first kappa shape index (κ1) is 13.2. The molecule has 1 aliphatic heterocycles. The van der Waals surface area contributed by atoms with Crippen LogP contribution in [0.1, 0.15) is 10.4 Å². The largest absolute Gasteiger partial charge is 0.454 e. The van der Waals surface area contributed by atoms with Gasteiger partial charge in [-0.15, -0.1) is 0 Å². The molecule has 0 spiro atoms. The molecule has 0 bridgehead atoms. The lowest BCUT2D eigenvalue weighted by atomic mass is 10.1. The van der Waals surface area contributed by atoms with Gasteiger partial charge in [0.05, 0.1) is 5.69 Å². The topological polar surface area (TPSA) is 47.6 Å². The zero-order chi connectivity index (χ0) is 14.7. The molecule has 2 aromatic rings. The summed E-state index contributed by atoms with van der Waals surface area (Å²) in [6.45, 7) is 0.164. The van der Waals surface area contributed by atoms with E-state index in [1.54, 1.807) is 36.4 Å². The Balaban J connectivity index is 1.69. The maximum atomic E-state index is 13.4. The monoisotopic (exact) mass is 285 g/mol. The molecule has 0 saturated heterocycles. The van der Waals surface area contributed by atoms with Crippen LogP contribution < -0.4 is 14.8 Å². The van der Waals surface area contributed by atoms with Crippen molar-refractivity contribution in [3.05, 3.63) is 66.1 Å². The minimum atomic E-state index is -0.377. The van der Waals surface area contributed by atoms with Gasteiger partial charge in [0.2, 0.25) is 6.79 Å². The molecule has 0 aliphatic carbocycles. The molecule has 2 aromatic carbocycles. The van der Waals surface area contributed by atoms with E-state index in [1.165, 1.54) is 18.3 Å². The first-order valence-electron chi connectivity index (χ1n) is 6.35. The van der Waals surface area contributed by atoms with Crippen LogP contribution in [0.3, 0.4) is 0 Å². The highest BCUT2D eigenvalue weighted by molar-refractivity contribution is 6.05. The molecule has 1 N–H and O–H groups in total. The Kier molecular flexibility index (Phi) is 3.55. The van der Waals surface area contributed by atoms with Gasteiger partial charge in [-0.05, 0) is 30.3 Å². The first-order chi connectivity index (χ1) is 10.2. The van der Waals surface area contributed by atoms with Gasteiger partial charge in [0, 0.05) is 17.8 Å². The van der Waals surface area contributed by atoms with Gasteiger partial charge in [-0.1, -0.05) is 12.1 Å². The highest BCUT2D eigenvalue weighted by atomic mass is 19.1. The van der Waals surface area contributed by atoms with E-state index in [2.05, 4.69) is 5.32 Å². The smallest absolute Gasteiger partial charge is 0.231 e. The second-order valence-electron chi connectivity index (χ2n) is 4.39. The van der Waals surface area contributed by atoms with E-state index >= 15 is 0 Å². The van der Waals surface area contributed by atoms with Gasteiger partial charge in [-0.3, -0.25) is 4.79 Å². The van der Waals surface area contributed by atoms with E-state index in [1.807, 2.05) is 0 Å². The van der Waals surface area contributed by atoms with Crippen LogP contribution in [0, 0.1) is 5.82 Å². The van der Waals surface area contributed by atoms with Crippen LogP contribution in [-0.4, -0.2) is 12.6 Å². The van der Waals surface area contributed by atoms with Crippen molar-refractivity contribution in [2.45, 2.75) is 0 Å². The number of allylic oxidation sites excluding steroid dienone is 1. The Labute approximate surface area is 120 Å². The third kappa shape index (κ3) is 2.86. The number of carbonyl (C=O) groups is 1. The van der Waals surface area contributed by atoms with Gasteiger partial charge in [0.1, 0.15) is 5.82 Å². The fraction of sp³-hybridized carbons (Fsp3) is 0.0625. The predicted molar refractivity (Wildman–Crippen MR) is 76.1 cm³/mol. The molecule has 3 rings (SSSR count). The summed E-state index contributed by atoms with van der Waals surface area (Å²) in [5.41, 5.74) is 0.790. The number of benzene rings is 2. The summed E-state index contributed by atoms with van der Waals surface area (Å²) in [6.07, 6.45) is 2.75. The molecule has 5 heteroatoms. The normalized spacial score (nSPS) is 12.6. The van der Waals surface area contributed by atoms with Gasteiger partial charge >= 0.3 is 0 Å². The van der Waals surface area contributed by atoms with E-state index in [4.69, 9.17) is 9.47 Å². The van der Waals surface area contributed by atoms with Gasteiger partial charge in [-0.2, -0.15) is 0 Å². The molecule has 0 fully saturated rings. The number of para-hydroxylation sites is 1. The lowest BCUT2D eigenvalue weighted by Crippen LogP contribution is -1.97. The van der Waals surface area contributed by atoms with E-state index < -0.39 is 0 Å². The molecule has 0 unspecified atom stereocenters. The lowest BCUT2D eigenvalue weighted by molar-refractivity contribution is 0.104. The maximum Gasteiger partial charge on any atom is 0.231 e. The third-order valence-electron chi connectivity index (χ3n) is 3.00. The number of nitrogens with one attached hydrogen (secondary N) is 1. The Hall–Kier alpha value is -2.82. The number of rotatable bonds is 4. The van der Waals surface area contributed by atoms with Crippen LogP contribution in [0.25, 0.3) is 0 Å². The van der Waals surface area contributed by atoms with Crippen molar-refractivity contribution < 1.29 is 18.7 Å². The molecule has 4 nitrogen and oxygen atoms in total. The zero-order valence-corrected chi connectivity index (χ0v) is 11.0. The van der Waals surface area contributed by atoms with Crippen molar-refractivity contribution in [1.82, 2.24) is 0 Å². The summed E-state index contributed by atoms with van der Waals surface area (Å²) >= 11 is 0. The standard InChI is InChI=1S/C16H12FNO3/c17-12-3-1-2-4-13(12)18-8-7-14(19)11-5-6-15-16(9-11)21-10-20-15/h1-9,18H,10H2. The van der Waals surface area contributed by atoms with Crippen LogP contribution in [0.4, 0.5) is 10.1 Å². The molecule has 0 amide bonds. The molecular weight excluding hydrogens is 273 g/mol. The van der Waals surface area contributed by atoms with Crippen LogP contribution in [-0.2, 0) is 0 Å². The summed E-state index contributed by atoms with van der Waals surface area (Å²) in [5.74, 6) is 0.589. The molecule has 21 heavy (non-hydrogen) atoms. The highest BCUT2D eigenvalue weighted by Gasteiger charge is 2.14. The Morgan fingerprint density at radius 1 is 1.14 bits per heavy atom. The van der Waals surface area contributed by atoms with Crippen LogP contribution in [0.2, 0.25) is 0 Å². The van der Waals surface area contributed by atoms with E-state index in [0.717, 1.165) is 0 Å². The predicted octanol–water partition coefficient (Wildman–Crippen LogP) is 3.36. The summed E-state index contributed by atoms with van der Waals surface area (Å²) in [7, 11) is 0. The quantitative estimate of drug-likeness (QED) is 0.691. The van der Waals surface area contributed by atoms with Crippen LogP contribution in [0.15, 0.2) is 54.7 Å². The summed E-state index contributed by atoms with van der Waals surface area (Å²) < 4.78 is 23.8. The number of ketones is 1. The summed E-state index contributed by atoms with van der Waals surface area (Å²) in [6, 6.07) is 11.2. The molecule has 0 radical (unpaired) electrons. The summed E-state index contributed by atoms with van der Waals surface area (Å²) in [4.78, 5) is 12.0. The fourth-order valence-corrected chi connectivity index (χ4v) is 1.93. The second-order valence-corrected chi connectivity index (χ2v) is 4.39. The Morgan fingerprint density at radius 2 is 1.95 bits per heavy atom. The molecule has 1 heterocycles. The number of carbonyl (C=O) groups excluding carboxylic acids is 1. The SMILES string of the molecule is O=C(C=CNc1ccccc1F)c1ccc2c(c1)OCO2. The molecule has 106 valence electrons. The van der Waals surface area contributed by atoms with Crippen molar-refractivity contribution in [1.29, 1.82) is 0 Å². The van der Waals surface area contributed by atoms with E-state index in [-0.39, 0.29) is 18.4 Å². The van der Waals surface area contributed by atoms with Crippen LogP contribution >= 0.6 is 0 Å². The highest BCUT2D eigenvalue weighted by Crippen LogP contribution is 2.32. The molecule has 0 atom stereocenters. The maximum absolute atomic E-state index is 13.4. The van der Waals surface area contributed by atoms with E-state index in [9.17, 15) is 9.18 Å². The van der Waals surface area contributed by atoms with Gasteiger partial charge in [0.15, 0.2) is 17.3 Å². The molecule has 1 aliphatic rings. The van der Waals surface area contributed by atoms with E-state index in [0.29, 0.717) is 22.7 Å². The van der Waals surface area contributed by atoms with Crippen molar-refractivity contribution >= 4 is 11.5 Å². The fourth-order valence-electron chi connectivity index (χ4n) is 1.93. The number of ether oxygens (including phenoxy) is 2. The third-order valence-corrected chi connectivity index (χ3v) is 3.00. The molecule has 0 aromatic heterocycles. The first-order valence-corrected chi connectivity index (χ1v) is 6.35. The zero-order valence-electron chi connectivity index (χ0n) is 11.0. The van der Waals surface area contributed by atoms with Gasteiger partial charge < -0.3 is 14.8 Å². The van der Waals surface area contributed by atoms with Crippen molar-refractivity contribution in [3.63, 3.8) is 0 Å². The Morgan fingerprint density at radius 3 is 2.81 bits per heavy atom. The minimum Gasteiger partial charge on any atom is -0.454 e. The summed E-state index contributed by atoms with van der Waals surface area (Å²) in [5, 5.41) is 2.73. The number of halogens is 1. The number of hydrogen-bond donors (Lipinski definition) is 1. The minimum absolute atomic E-state index is 0.164. The van der Waals surface area contributed by atoms with Crippen molar-refractivity contribution in [2.24, 2.45) is 0 Å². The molecule has 0 saturated carbocycles. The second kappa shape index (κ2) is 5.66. The number of hydrogen-bond acceptors (Lipinski definition) is 4. The lowest BCUT2D eigenvalue weighted by Gasteiger charge is -2.02. The molecular formula is C16H12FNO3. The van der Waals surface area contributed by atoms with Crippen LogP contribution in [0.5, 0.6) is 11.5 Å².